The highest BCUT2D eigenvalue weighted by atomic mass is 16.2. The fourth-order valence-electron chi connectivity index (χ4n) is 4.30. The Morgan fingerprint density at radius 1 is 1.06 bits per heavy atom. The van der Waals surface area contributed by atoms with Crippen LogP contribution in [0.2, 0.25) is 0 Å². The second-order valence-corrected chi connectivity index (χ2v) is 7.50. The molecule has 3 rings (SSSR count). The molecule has 2 aliphatic heterocycles. The Labute approximate surface area is 110 Å². The number of carbonyl (C=O) groups is 1. The molecular formula is C15H26N2O. The van der Waals surface area contributed by atoms with E-state index in [0.717, 1.165) is 19.5 Å². The third kappa shape index (κ3) is 1.49. The zero-order valence-electron chi connectivity index (χ0n) is 12.1. The van der Waals surface area contributed by atoms with Gasteiger partial charge in [-0.1, -0.05) is 27.7 Å². The smallest absolute Gasteiger partial charge is 0.227 e. The van der Waals surface area contributed by atoms with Crippen LogP contribution in [0.15, 0.2) is 0 Å². The minimum atomic E-state index is 0.170. The first-order valence-electron chi connectivity index (χ1n) is 7.40. The van der Waals surface area contributed by atoms with Crippen molar-refractivity contribution in [2.45, 2.75) is 59.0 Å². The van der Waals surface area contributed by atoms with Gasteiger partial charge in [0.05, 0.1) is 0 Å². The van der Waals surface area contributed by atoms with E-state index in [0.29, 0.717) is 18.0 Å². The lowest BCUT2D eigenvalue weighted by Gasteiger charge is -2.29. The van der Waals surface area contributed by atoms with Crippen LogP contribution in [-0.4, -0.2) is 36.0 Å². The number of hydrogen-bond acceptors (Lipinski definition) is 2. The van der Waals surface area contributed by atoms with Crippen LogP contribution in [0.3, 0.4) is 0 Å². The Bertz CT molecular complexity index is 347. The van der Waals surface area contributed by atoms with Crippen molar-refractivity contribution in [3.05, 3.63) is 0 Å². The monoisotopic (exact) mass is 250 g/mol. The van der Waals surface area contributed by atoms with Gasteiger partial charge in [-0.15, -0.1) is 0 Å². The Morgan fingerprint density at radius 2 is 1.67 bits per heavy atom. The van der Waals surface area contributed by atoms with Crippen molar-refractivity contribution < 1.29 is 4.79 Å². The van der Waals surface area contributed by atoms with E-state index in [1.807, 2.05) is 0 Å². The molecule has 3 nitrogen and oxygen atoms in total. The van der Waals surface area contributed by atoms with Gasteiger partial charge in [0.1, 0.15) is 0 Å². The molecule has 0 aromatic heterocycles. The molecule has 0 aromatic rings. The highest BCUT2D eigenvalue weighted by molar-refractivity contribution is 5.85. The van der Waals surface area contributed by atoms with Gasteiger partial charge in [-0.3, -0.25) is 4.79 Å². The van der Waals surface area contributed by atoms with Crippen molar-refractivity contribution in [2.75, 3.05) is 13.1 Å². The zero-order valence-corrected chi connectivity index (χ0v) is 12.1. The van der Waals surface area contributed by atoms with Crippen molar-refractivity contribution in [2.24, 2.45) is 16.7 Å². The van der Waals surface area contributed by atoms with Gasteiger partial charge in [-0.05, 0) is 36.6 Å². The van der Waals surface area contributed by atoms with E-state index >= 15 is 0 Å². The van der Waals surface area contributed by atoms with Gasteiger partial charge in [0, 0.05) is 24.5 Å². The Balaban J connectivity index is 1.81. The summed E-state index contributed by atoms with van der Waals surface area (Å²) in [7, 11) is 0. The molecule has 2 heterocycles. The van der Waals surface area contributed by atoms with Crippen molar-refractivity contribution in [3.63, 3.8) is 0 Å². The second kappa shape index (κ2) is 3.72. The number of nitrogens with one attached hydrogen (secondary N) is 1. The molecule has 2 bridgehead atoms. The maximum Gasteiger partial charge on any atom is 0.227 e. The zero-order chi connectivity index (χ0) is 13.1. The summed E-state index contributed by atoms with van der Waals surface area (Å²) in [5.74, 6) is 0.660. The van der Waals surface area contributed by atoms with Gasteiger partial charge < -0.3 is 10.2 Å². The largest absolute Gasteiger partial charge is 0.335 e. The maximum absolute atomic E-state index is 12.9. The molecule has 102 valence electrons. The third-order valence-corrected chi connectivity index (χ3v) is 6.18. The molecule has 3 heteroatoms. The maximum atomic E-state index is 12.9. The molecule has 2 atom stereocenters. The van der Waals surface area contributed by atoms with E-state index in [4.69, 9.17) is 0 Å². The highest BCUT2D eigenvalue weighted by Crippen LogP contribution is 2.69. The van der Waals surface area contributed by atoms with E-state index in [1.165, 1.54) is 12.8 Å². The summed E-state index contributed by atoms with van der Waals surface area (Å²) in [6.07, 6.45) is 3.54. The van der Waals surface area contributed by atoms with Gasteiger partial charge in [-0.2, -0.15) is 0 Å². The molecule has 3 aliphatic rings. The van der Waals surface area contributed by atoms with Crippen molar-refractivity contribution in [3.8, 4) is 0 Å². The Hall–Kier alpha value is -0.570. The molecule has 2 saturated heterocycles. The average molecular weight is 250 g/mol. The molecule has 1 aliphatic carbocycles. The lowest BCUT2D eigenvalue weighted by molar-refractivity contribution is -0.136. The van der Waals surface area contributed by atoms with Crippen LogP contribution < -0.4 is 5.32 Å². The summed E-state index contributed by atoms with van der Waals surface area (Å²) in [5, 5.41) is 3.47. The first-order valence-corrected chi connectivity index (χ1v) is 7.40. The molecule has 18 heavy (non-hydrogen) atoms. The van der Waals surface area contributed by atoms with E-state index in [2.05, 4.69) is 37.9 Å². The molecule has 0 aromatic carbocycles. The van der Waals surface area contributed by atoms with Crippen molar-refractivity contribution in [1.29, 1.82) is 0 Å². The summed E-state index contributed by atoms with van der Waals surface area (Å²) in [6.45, 7) is 11.0. The molecule has 0 spiro atoms. The van der Waals surface area contributed by atoms with Crippen LogP contribution in [0, 0.1) is 16.7 Å². The number of amides is 1. The van der Waals surface area contributed by atoms with E-state index in [9.17, 15) is 4.79 Å². The number of rotatable bonds is 1. The summed E-state index contributed by atoms with van der Waals surface area (Å²) in [4.78, 5) is 15.2. The minimum absolute atomic E-state index is 0.170. The SMILES string of the molecule is CC1(C)C(C(=O)N2C3CCNCC2CC3)C1(C)C. The summed E-state index contributed by atoms with van der Waals surface area (Å²) in [6, 6.07) is 0.960. The summed E-state index contributed by atoms with van der Waals surface area (Å²) >= 11 is 0. The van der Waals surface area contributed by atoms with Gasteiger partial charge in [0.25, 0.3) is 0 Å². The lowest BCUT2D eigenvalue weighted by atomic mass is 10.0. The molecule has 0 radical (unpaired) electrons. The number of fused-ring (bicyclic) bond motifs is 2. The fourth-order valence-corrected chi connectivity index (χ4v) is 4.30. The van der Waals surface area contributed by atoms with Crippen LogP contribution in [0.25, 0.3) is 0 Å². The fraction of sp³-hybridized carbons (Fsp3) is 0.933. The normalized spacial score (nSPS) is 37.4. The Morgan fingerprint density at radius 3 is 2.28 bits per heavy atom. The quantitative estimate of drug-likeness (QED) is 0.772. The predicted octanol–water partition coefficient (Wildman–Crippen LogP) is 2.02. The lowest BCUT2D eigenvalue weighted by Crippen LogP contribution is -2.44. The van der Waals surface area contributed by atoms with Crippen LogP contribution >= 0.6 is 0 Å². The average Bonchev–Trinajstić information content (AvgIpc) is 2.50. The first-order chi connectivity index (χ1) is 8.37. The first kappa shape index (κ1) is 12.5. The Kier molecular flexibility index (Phi) is 2.58. The van der Waals surface area contributed by atoms with Crippen molar-refractivity contribution >= 4 is 5.91 Å². The number of carbonyl (C=O) groups excluding carboxylic acids is 1. The summed E-state index contributed by atoms with van der Waals surface area (Å²) < 4.78 is 0. The van der Waals surface area contributed by atoms with Crippen LogP contribution in [-0.2, 0) is 4.79 Å². The molecule has 1 amide bonds. The molecule has 3 fully saturated rings. The molecular weight excluding hydrogens is 224 g/mol. The summed E-state index contributed by atoms with van der Waals surface area (Å²) in [5.41, 5.74) is 0.340. The number of nitrogens with zero attached hydrogens (tertiary/aromatic N) is 1. The topological polar surface area (TPSA) is 32.3 Å². The van der Waals surface area contributed by atoms with E-state index in [1.54, 1.807) is 0 Å². The standard InChI is InChI=1S/C15H26N2O/c1-14(2)12(15(14,3)4)13(18)17-10-5-6-11(17)9-16-8-7-10/h10-12,16H,5-9H2,1-4H3. The van der Waals surface area contributed by atoms with Crippen molar-refractivity contribution in [1.82, 2.24) is 10.2 Å². The van der Waals surface area contributed by atoms with Gasteiger partial charge in [0.2, 0.25) is 5.91 Å². The molecule has 1 saturated carbocycles. The minimum Gasteiger partial charge on any atom is -0.335 e. The predicted molar refractivity (Wildman–Crippen MR) is 72.2 cm³/mol. The molecule has 1 N–H and O–H groups in total. The second-order valence-electron chi connectivity index (χ2n) is 7.50. The van der Waals surface area contributed by atoms with Crippen LogP contribution in [0.5, 0.6) is 0 Å². The van der Waals surface area contributed by atoms with Gasteiger partial charge in [-0.25, -0.2) is 0 Å². The number of hydrogen-bond donors (Lipinski definition) is 1. The highest BCUT2D eigenvalue weighted by Gasteiger charge is 2.69. The van der Waals surface area contributed by atoms with Crippen LogP contribution in [0.1, 0.15) is 47.0 Å². The van der Waals surface area contributed by atoms with Crippen LogP contribution in [0.4, 0.5) is 0 Å². The van der Waals surface area contributed by atoms with Gasteiger partial charge >= 0.3 is 0 Å². The van der Waals surface area contributed by atoms with Gasteiger partial charge in [0.15, 0.2) is 0 Å². The molecule has 2 unspecified atom stereocenters. The van der Waals surface area contributed by atoms with E-state index in [-0.39, 0.29) is 16.7 Å². The van der Waals surface area contributed by atoms with E-state index < -0.39 is 0 Å². The third-order valence-electron chi connectivity index (χ3n) is 6.18.